The number of halogens is 1. The summed E-state index contributed by atoms with van der Waals surface area (Å²) in [5, 5.41) is 11.7. The first kappa shape index (κ1) is 21.4. The highest BCUT2D eigenvalue weighted by Crippen LogP contribution is 2.67. The Kier molecular flexibility index (Phi) is 4.88. The van der Waals surface area contributed by atoms with Crippen LogP contribution in [0.1, 0.15) is 59.8 Å². The molecule has 0 radical (unpaired) electrons. The molecule has 1 N–H and O–H groups in total. The van der Waals surface area contributed by atoms with E-state index in [1.807, 2.05) is 20.8 Å². The normalized spacial score (nSPS) is 44.9. The van der Waals surface area contributed by atoms with Crippen molar-refractivity contribution in [3.8, 4) is 0 Å². The van der Waals surface area contributed by atoms with Gasteiger partial charge in [-0.15, -0.1) is 0 Å². The minimum absolute atomic E-state index is 0.00949. The fourth-order valence-electron chi connectivity index (χ4n) is 7.08. The number of hydrogen-bond donors (Lipinski definition) is 1. The molecule has 0 unspecified atom stereocenters. The van der Waals surface area contributed by atoms with Crippen molar-refractivity contribution in [3.05, 3.63) is 23.3 Å². The Bertz CT molecular complexity index is 875. The lowest BCUT2D eigenvalue weighted by atomic mass is 9.50. The topological polar surface area (TPSA) is 80.7 Å². The molecule has 0 amide bonds. The number of esters is 1. The summed E-state index contributed by atoms with van der Waals surface area (Å²) in [4.78, 5) is 36.2. The number of ether oxygens (including phenoxy) is 1. The second kappa shape index (κ2) is 6.84. The van der Waals surface area contributed by atoms with E-state index in [0.29, 0.717) is 31.3 Å². The summed E-state index contributed by atoms with van der Waals surface area (Å²) in [6.07, 6.45) is 4.83. The highest BCUT2D eigenvalue weighted by atomic mass is 19.1. The average molecular weight is 419 g/mol. The maximum Gasteiger partial charge on any atom is 0.303 e. The Hall–Kier alpha value is -1.82. The van der Waals surface area contributed by atoms with Crippen molar-refractivity contribution in [2.24, 2.45) is 28.6 Å². The molecule has 0 aromatic rings. The van der Waals surface area contributed by atoms with E-state index in [1.54, 1.807) is 0 Å². The number of ketones is 2. The van der Waals surface area contributed by atoms with Gasteiger partial charge in [0.25, 0.3) is 0 Å². The SMILES string of the molecule is CC(=O)OCC(=O)[C@@]1(O)[C@H](C)C[C@@H]2[C@@H]3C[C@H](F)C4=CC(=O)CC[C@]4(C)C3=CC[C@]21C. The standard InChI is InChI=1S/C24H31FO5/c1-13-9-18-16-11-20(25)19-10-15(27)5-7-22(19,3)17(16)6-8-23(18,4)24(13,29)21(28)12-30-14(2)26/h6,10,13,16,18,20,29H,5,7-9,11-12H2,1-4H3/t13-,16-,18-,20+,22-,23-,24+/m1/s1. The molecule has 0 aromatic carbocycles. The van der Waals surface area contributed by atoms with E-state index in [4.69, 9.17) is 4.74 Å². The molecule has 4 rings (SSSR count). The van der Waals surface area contributed by atoms with E-state index >= 15 is 4.39 Å². The number of alkyl halides is 1. The van der Waals surface area contributed by atoms with Crippen LogP contribution in [0, 0.1) is 28.6 Å². The van der Waals surface area contributed by atoms with Gasteiger partial charge in [-0.25, -0.2) is 4.39 Å². The lowest BCUT2D eigenvalue weighted by Gasteiger charge is -2.55. The average Bonchev–Trinajstić information content (AvgIpc) is 2.89. The molecule has 0 aliphatic heterocycles. The highest BCUT2D eigenvalue weighted by molar-refractivity contribution is 5.92. The monoisotopic (exact) mass is 418 g/mol. The number of carbonyl (C=O) groups excluding carboxylic acids is 3. The first-order valence-electron chi connectivity index (χ1n) is 10.9. The van der Waals surface area contributed by atoms with Gasteiger partial charge in [-0.1, -0.05) is 32.4 Å². The number of fused-ring (bicyclic) bond motifs is 5. The Labute approximate surface area is 176 Å². The van der Waals surface area contributed by atoms with E-state index < -0.39 is 41.0 Å². The molecule has 0 bridgehead atoms. The molecule has 2 fully saturated rings. The second-order valence-corrected chi connectivity index (χ2v) is 10.2. The van der Waals surface area contributed by atoms with Crippen molar-refractivity contribution in [2.75, 3.05) is 6.61 Å². The third-order valence-electron chi connectivity index (χ3n) is 8.73. The molecule has 4 aliphatic rings. The molecule has 0 spiro atoms. The third kappa shape index (κ3) is 2.72. The minimum atomic E-state index is -1.62. The smallest absolute Gasteiger partial charge is 0.303 e. The van der Waals surface area contributed by atoms with Crippen LogP contribution in [0.3, 0.4) is 0 Å². The van der Waals surface area contributed by atoms with Gasteiger partial charge in [0.05, 0.1) is 0 Å². The fraction of sp³-hybridized carbons (Fsp3) is 0.708. The van der Waals surface area contributed by atoms with Crippen LogP contribution in [0.15, 0.2) is 23.3 Å². The summed E-state index contributed by atoms with van der Waals surface area (Å²) in [5.41, 5.74) is -1.08. The van der Waals surface area contributed by atoms with E-state index in [9.17, 15) is 19.5 Å². The van der Waals surface area contributed by atoms with Gasteiger partial charge in [0.2, 0.25) is 5.78 Å². The zero-order chi connectivity index (χ0) is 22.1. The van der Waals surface area contributed by atoms with Crippen molar-refractivity contribution in [1.29, 1.82) is 0 Å². The summed E-state index contributed by atoms with van der Waals surface area (Å²) in [7, 11) is 0. The van der Waals surface area contributed by atoms with Gasteiger partial charge in [-0.05, 0) is 55.1 Å². The molecule has 0 aromatic heterocycles. The summed E-state index contributed by atoms with van der Waals surface area (Å²) in [5.74, 6) is -1.49. The van der Waals surface area contributed by atoms with Crippen LogP contribution in [0.2, 0.25) is 0 Å². The molecule has 6 heteroatoms. The predicted octanol–water partition coefficient (Wildman–Crippen LogP) is 3.50. The molecule has 7 atom stereocenters. The molecule has 0 heterocycles. The minimum Gasteiger partial charge on any atom is -0.458 e. The molecule has 30 heavy (non-hydrogen) atoms. The summed E-state index contributed by atoms with van der Waals surface area (Å²) >= 11 is 0. The zero-order valence-electron chi connectivity index (χ0n) is 18.2. The quantitative estimate of drug-likeness (QED) is 0.561. The Balaban J connectivity index is 1.73. The predicted molar refractivity (Wildman–Crippen MR) is 108 cm³/mol. The number of aliphatic hydroxyl groups is 1. The van der Waals surface area contributed by atoms with Crippen molar-refractivity contribution in [2.45, 2.75) is 71.6 Å². The Morgan fingerprint density at radius 1 is 1.27 bits per heavy atom. The Morgan fingerprint density at radius 3 is 2.63 bits per heavy atom. The molecule has 2 saturated carbocycles. The van der Waals surface area contributed by atoms with Crippen LogP contribution in [0.4, 0.5) is 4.39 Å². The van der Waals surface area contributed by atoms with Gasteiger partial charge in [-0.3, -0.25) is 14.4 Å². The van der Waals surface area contributed by atoms with E-state index in [2.05, 4.69) is 6.08 Å². The van der Waals surface area contributed by atoms with Gasteiger partial charge < -0.3 is 9.84 Å². The largest absolute Gasteiger partial charge is 0.458 e. The van der Waals surface area contributed by atoms with Crippen molar-refractivity contribution < 1.29 is 28.6 Å². The number of allylic oxidation sites excluding steroid dienone is 4. The van der Waals surface area contributed by atoms with Gasteiger partial charge in [0.1, 0.15) is 11.8 Å². The van der Waals surface area contributed by atoms with Crippen molar-refractivity contribution in [1.82, 2.24) is 0 Å². The molecule has 5 nitrogen and oxygen atoms in total. The first-order chi connectivity index (χ1) is 13.9. The fourth-order valence-corrected chi connectivity index (χ4v) is 7.08. The first-order valence-corrected chi connectivity index (χ1v) is 10.9. The molecular weight excluding hydrogens is 387 g/mol. The van der Waals surface area contributed by atoms with Crippen LogP contribution < -0.4 is 0 Å². The highest BCUT2D eigenvalue weighted by Gasteiger charge is 2.68. The summed E-state index contributed by atoms with van der Waals surface area (Å²) in [6, 6.07) is 0. The van der Waals surface area contributed by atoms with Crippen LogP contribution in [-0.2, 0) is 19.1 Å². The van der Waals surface area contributed by atoms with Crippen LogP contribution >= 0.6 is 0 Å². The number of carbonyl (C=O) groups is 3. The second-order valence-electron chi connectivity index (χ2n) is 10.2. The van der Waals surface area contributed by atoms with Crippen LogP contribution in [0.5, 0.6) is 0 Å². The Morgan fingerprint density at radius 2 is 1.97 bits per heavy atom. The lowest BCUT2D eigenvalue weighted by molar-refractivity contribution is -0.167. The number of Topliss-reactive ketones (excluding diaryl/α,β-unsaturated/α-hetero) is 1. The van der Waals surface area contributed by atoms with E-state index in [0.717, 1.165) is 0 Å². The maximum absolute atomic E-state index is 15.3. The lowest BCUT2D eigenvalue weighted by Crippen LogP contribution is -2.58. The van der Waals surface area contributed by atoms with Crippen molar-refractivity contribution in [3.63, 3.8) is 0 Å². The molecule has 4 aliphatic carbocycles. The maximum atomic E-state index is 15.3. The number of hydrogen-bond acceptors (Lipinski definition) is 5. The van der Waals surface area contributed by atoms with Gasteiger partial charge in [0.15, 0.2) is 12.4 Å². The molecular formula is C24H31FO5. The van der Waals surface area contributed by atoms with Crippen molar-refractivity contribution >= 4 is 17.5 Å². The van der Waals surface area contributed by atoms with Gasteiger partial charge >= 0.3 is 5.97 Å². The van der Waals surface area contributed by atoms with E-state index in [1.165, 1.54) is 18.6 Å². The third-order valence-corrected chi connectivity index (χ3v) is 8.73. The molecule has 0 saturated heterocycles. The van der Waals surface area contributed by atoms with Crippen LogP contribution in [-0.4, -0.2) is 41.0 Å². The summed E-state index contributed by atoms with van der Waals surface area (Å²) in [6.45, 7) is 6.61. The van der Waals surface area contributed by atoms with Crippen LogP contribution in [0.25, 0.3) is 0 Å². The zero-order valence-corrected chi connectivity index (χ0v) is 18.2. The molecule has 164 valence electrons. The summed E-state index contributed by atoms with van der Waals surface area (Å²) < 4.78 is 20.2. The van der Waals surface area contributed by atoms with Gasteiger partial charge in [-0.2, -0.15) is 0 Å². The number of rotatable bonds is 3. The van der Waals surface area contributed by atoms with E-state index in [-0.39, 0.29) is 30.0 Å². The van der Waals surface area contributed by atoms with Gasteiger partial charge in [0, 0.05) is 24.2 Å².